The molecule has 80 valence electrons. The lowest BCUT2D eigenvalue weighted by molar-refractivity contribution is 1.29. The second-order valence-corrected chi connectivity index (χ2v) is 4.24. The molecule has 0 heterocycles. The van der Waals surface area contributed by atoms with Gasteiger partial charge in [0.25, 0.3) is 0 Å². The van der Waals surface area contributed by atoms with Gasteiger partial charge >= 0.3 is 0 Å². The Bertz CT molecular complexity index is 699. The Morgan fingerprint density at radius 3 is 2.94 bits per heavy atom. The topological polar surface area (TPSA) is 23.8 Å². The molecular formula is C16H11N. The Kier molecular flexibility index (Phi) is 2.09. The molecule has 0 bridgehead atoms. The van der Waals surface area contributed by atoms with Crippen LogP contribution in [-0.4, -0.2) is 0 Å². The van der Waals surface area contributed by atoms with E-state index < -0.39 is 0 Å². The molecule has 0 radical (unpaired) electrons. The molecule has 0 unspecified atom stereocenters. The van der Waals surface area contributed by atoms with Crippen molar-refractivity contribution in [3.63, 3.8) is 0 Å². The van der Waals surface area contributed by atoms with E-state index in [0.717, 1.165) is 17.5 Å². The first kappa shape index (κ1) is 9.86. The summed E-state index contributed by atoms with van der Waals surface area (Å²) in [5.74, 6) is 0. The van der Waals surface area contributed by atoms with E-state index in [1.807, 2.05) is 6.07 Å². The van der Waals surface area contributed by atoms with Crippen LogP contribution in [0.3, 0.4) is 0 Å². The molecule has 0 fully saturated rings. The van der Waals surface area contributed by atoms with Gasteiger partial charge in [0.05, 0.1) is 11.6 Å². The van der Waals surface area contributed by atoms with E-state index in [2.05, 4.69) is 49.1 Å². The molecule has 0 saturated carbocycles. The molecule has 0 aliphatic heterocycles. The van der Waals surface area contributed by atoms with Crippen LogP contribution in [0.25, 0.3) is 22.4 Å². The molecule has 1 aliphatic rings. The summed E-state index contributed by atoms with van der Waals surface area (Å²) in [6.07, 6.45) is 5.21. The average molecular weight is 217 g/mol. The zero-order valence-electron chi connectivity index (χ0n) is 9.40. The minimum absolute atomic E-state index is 0.531. The number of nitrogens with zero attached hydrogens (tertiary/aromatic N) is 1. The van der Waals surface area contributed by atoms with Crippen molar-refractivity contribution in [2.45, 2.75) is 6.42 Å². The molecule has 2 aromatic carbocycles. The molecule has 0 amide bonds. The summed E-state index contributed by atoms with van der Waals surface area (Å²) in [6, 6.07) is 12.5. The maximum Gasteiger partial charge on any atom is 0.0991 e. The highest BCUT2D eigenvalue weighted by molar-refractivity contribution is 6.00. The van der Waals surface area contributed by atoms with Gasteiger partial charge in [-0.2, -0.15) is 5.26 Å². The first-order valence-electron chi connectivity index (χ1n) is 5.62. The van der Waals surface area contributed by atoms with Crippen LogP contribution in [0.5, 0.6) is 0 Å². The largest absolute Gasteiger partial charge is 0.192 e. The molecule has 0 atom stereocenters. The van der Waals surface area contributed by atoms with Gasteiger partial charge in [0.2, 0.25) is 0 Å². The maximum atomic E-state index is 8.99. The van der Waals surface area contributed by atoms with Gasteiger partial charge < -0.3 is 0 Å². The third-order valence-electron chi connectivity index (χ3n) is 3.25. The predicted octanol–water partition coefficient (Wildman–Crippen LogP) is 3.95. The second-order valence-electron chi connectivity index (χ2n) is 4.24. The molecule has 1 aliphatic carbocycles. The van der Waals surface area contributed by atoms with Crippen LogP contribution in [0, 0.1) is 11.3 Å². The van der Waals surface area contributed by atoms with Gasteiger partial charge in [-0.3, -0.25) is 0 Å². The Morgan fingerprint density at radius 1 is 1.24 bits per heavy atom. The molecule has 17 heavy (non-hydrogen) atoms. The molecule has 0 aromatic heterocycles. The quantitative estimate of drug-likeness (QED) is 0.663. The van der Waals surface area contributed by atoms with E-state index in [1.165, 1.54) is 16.3 Å². The van der Waals surface area contributed by atoms with Gasteiger partial charge in [-0.1, -0.05) is 49.1 Å². The summed E-state index contributed by atoms with van der Waals surface area (Å²) < 4.78 is 0. The minimum Gasteiger partial charge on any atom is -0.192 e. The Hall–Kier alpha value is -2.33. The summed E-state index contributed by atoms with van der Waals surface area (Å²) in [7, 11) is 0. The van der Waals surface area contributed by atoms with Crippen molar-refractivity contribution in [3.05, 3.63) is 59.7 Å². The normalized spacial score (nSPS) is 12.4. The monoisotopic (exact) mass is 217 g/mol. The van der Waals surface area contributed by atoms with Crippen LogP contribution in [-0.2, 0) is 6.42 Å². The van der Waals surface area contributed by atoms with E-state index in [4.69, 9.17) is 5.26 Å². The number of hydrogen-bond acceptors (Lipinski definition) is 1. The fourth-order valence-electron chi connectivity index (χ4n) is 2.46. The van der Waals surface area contributed by atoms with Crippen molar-refractivity contribution in [1.82, 2.24) is 0 Å². The summed E-state index contributed by atoms with van der Waals surface area (Å²) in [5.41, 5.74) is 3.94. The molecular weight excluding hydrogens is 206 g/mol. The summed E-state index contributed by atoms with van der Waals surface area (Å²) >= 11 is 0. The number of benzene rings is 2. The predicted molar refractivity (Wildman–Crippen MR) is 71.3 cm³/mol. The van der Waals surface area contributed by atoms with Crippen LogP contribution < -0.4 is 0 Å². The Labute approximate surface area is 100 Å². The van der Waals surface area contributed by atoms with Gasteiger partial charge in [-0.25, -0.2) is 0 Å². The number of nitriles is 1. The van der Waals surface area contributed by atoms with Crippen molar-refractivity contribution in [3.8, 4) is 6.07 Å². The standard InChI is InChI=1S/C16H11N/c1-11(10-17)14-9-8-13-5-2-4-12-6-3-7-15(14)16(12)13/h2-5,7-9H,1,6H2. The third kappa shape index (κ3) is 1.38. The van der Waals surface area contributed by atoms with Crippen molar-refractivity contribution < 1.29 is 0 Å². The maximum absolute atomic E-state index is 8.99. The van der Waals surface area contributed by atoms with E-state index in [0.29, 0.717) is 5.57 Å². The first-order chi connectivity index (χ1) is 8.31. The van der Waals surface area contributed by atoms with Gasteiger partial charge in [0.1, 0.15) is 0 Å². The minimum atomic E-state index is 0.531. The average Bonchev–Trinajstić information content (AvgIpc) is 2.39. The van der Waals surface area contributed by atoms with Gasteiger partial charge in [-0.05, 0) is 33.9 Å². The van der Waals surface area contributed by atoms with E-state index in [9.17, 15) is 0 Å². The summed E-state index contributed by atoms with van der Waals surface area (Å²) in [6.45, 7) is 3.82. The fraction of sp³-hybridized carbons (Fsp3) is 0.0625. The molecule has 0 N–H and O–H groups in total. The SMILES string of the molecule is C=C(C#N)c1ccc2cccc3c2c1C=CC3. The van der Waals surface area contributed by atoms with Crippen LogP contribution in [0.2, 0.25) is 0 Å². The van der Waals surface area contributed by atoms with Gasteiger partial charge in [0.15, 0.2) is 0 Å². The summed E-state index contributed by atoms with van der Waals surface area (Å²) in [4.78, 5) is 0. The molecule has 1 nitrogen and oxygen atoms in total. The van der Waals surface area contributed by atoms with Gasteiger partial charge in [-0.15, -0.1) is 0 Å². The third-order valence-corrected chi connectivity index (χ3v) is 3.25. The fourth-order valence-corrected chi connectivity index (χ4v) is 2.46. The van der Waals surface area contributed by atoms with Crippen LogP contribution in [0.1, 0.15) is 16.7 Å². The number of rotatable bonds is 1. The lowest BCUT2D eigenvalue weighted by atomic mass is 9.88. The number of hydrogen-bond donors (Lipinski definition) is 0. The lowest BCUT2D eigenvalue weighted by Crippen LogP contribution is -1.96. The van der Waals surface area contributed by atoms with Crippen LogP contribution >= 0.6 is 0 Å². The van der Waals surface area contributed by atoms with Crippen molar-refractivity contribution in [2.75, 3.05) is 0 Å². The van der Waals surface area contributed by atoms with Crippen molar-refractivity contribution >= 4 is 22.4 Å². The molecule has 3 rings (SSSR count). The smallest absolute Gasteiger partial charge is 0.0991 e. The first-order valence-corrected chi connectivity index (χ1v) is 5.62. The zero-order valence-corrected chi connectivity index (χ0v) is 9.40. The van der Waals surface area contributed by atoms with E-state index in [-0.39, 0.29) is 0 Å². The number of allylic oxidation sites excluding steroid dienone is 2. The van der Waals surface area contributed by atoms with Crippen LogP contribution in [0.4, 0.5) is 0 Å². The highest BCUT2D eigenvalue weighted by atomic mass is 14.3. The van der Waals surface area contributed by atoms with E-state index >= 15 is 0 Å². The van der Waals surface area contributed by atoms with E-state index in [1.54, 1.807) is 0 Å². The molecule has 1 heteroatoms. The molecule has 0 saturated heterocycles. The summed E-state index contributed by atoms with van der Waals surface area (Å²) in [5, 5.41) is 11.5. The highest BCUT2D eigenvalue weighted by Gasteiger charge is 2.13. The lowest BCUT2D eigenvalue weighted by Gasteiger charge is -2.15. The molecule has 2 aromatic rings. The molecule has 0 spiro atoms. The second kappa shape index (κ2) is 3.61. The van der Waals surface area contributed by atoms with Crippen molar-refractivity contribution in [1.29, 1.82) is 5.26 Å². The van der Waals surface area contributed by atoms with Gasteiger partial charge in [0, 0.05) is 0 Å². The van der Waals surface area contributed by atoms with Crippen LogP contribution in [0.15, 0.2) is 43.0 Å². The highest BCUT2D eigenvalue weighted by Crippen LogP contribution is 2.33. The zero-order chi connectivity index (χ0) is 11.8. The Balaban J connectivity index is 2.44. The van der Waals surface area contributed by atoms with Crippen molar-refractivity contribution in [2.24, 2.45) is 0 Å². The Morgan fingerprint density at radius 2 is 2.12 bits per heavy atom.